The minimum absolute atomic E-state index is 0.459. The molecule has 3 nitrogen and oxygen atoms in total. The summed E-state index contributed by atoms with van der Waals surface area (Å²) in [5, 5.41) is 3.26. The zero-order chi connectivity index (χ0) is 5.11. The number of amides is 2. The van der Waals surface area contributed by atoms with E-state index in [1.54, 1.807) is 0 Å². The van der Waals surface area contributed by atoms with Crippen molar-refractivity contribution in [2.24, 2.45) is 4.99 Å². The van der Waals surface area contributed by atoms with Gasteiger partial charge in [-0.15, -0.1) is 0 Å². The van der Waals surface area contributed by atoms with E-state index in [1.807, 2.05) is 0 Å². The molecular weight excluding hydrogens is 92.1 g/mol. The molecule has 0 N–H and O–H groups in total. The van der Waals surface area contributed by atoms with Crippen LogP contribution in [0.25, 0.3) is 0 Å². The highest BCUT2D eigenvalue weighted by Gasteiger charge is 1.94. The fourth-order valence-electron chi connectivity index (χ4n) is 0.252. The van der Waals surface area contributed by atoms with Crippen molar-refractivity contribution in [1.29, 1.82) is 0 Å². The Labute approximate surface area is 40.7 Å². The third-order valence-electron chi connectivity index (χ3n) is 0.499. The first-order valence-electron chi connectivity index (χ1n) is 1.75. The molecule has 0 unspecified atom stereocenters. The van der Waals surface area contributed by atoms with Crippen molar-refractivity contribution in [3.8, 4) is 0 Å². The van der Waals surface area contributed by atoms with Gasteiger partial charge in [-0.25, -0.2) is 4.79 Å². The van der Waals surface area contributed by atoms with Crippen LogP contribution in [-0.2, 0) is 0 Å². The molecule has 1 aliphatic rings. The average molecular weight is 94.1 g/mol. The summed E-state index contributed by atoms with van der Waals surface area (Å²) in [6.07, 6.45) is 5.09. The number of nitrogens with zero attached hydrogens (tertiary/aromatic N) is 2. The summed E-state index contributed by atoms with van der Waals surface area (Å²) in [7, 11) is 0. The average Bonchev–Trinajstić information content (AvgIpc) is 1.69. The van der Waals surface area contributed by atoms with Crippen molar-refractivity contribution in [1.82, 2.24) is 5.32 Å². The van der Waals surface area contributed by atoms with E-state index in [0.29, 0.717) is 0 Å². The molecule has 0 saturated carbocycles. The first-order chi connectivity index (χ1) is 3.39. The predicted molar refractivity (Wildman–Crippen MR) is 23.8 cm³/mol. The molecule has 2 amide bonds. The number of hydrogen-bond acceptors (Lipinski definition) is 1. The molecule has 1 rings (SSSR count). The van der Waals surface area contributed by atoms with Crippen LogP contribution in [0.1, 0.15) is 0 Å². The molecule has 0 fully saturated rings. The second kappa shape index (κ2) is 1.55. The summed E-state index contributed by atoms with van der Waals surface area (Å²) in [6.45, 7) is 0. The second-order valence-corrected chi connectivity index (χ2v) is 0.966. The van der Waals surface area contributed by atoms with Crippen LogP contribution in [0, 0.1) is 6.08 Å². The molecule has 1 aliphatic heterocycles. The zero-order valence-electron chi connectivity index (χ0n) is 3.46. The molecule has 1 heterocycles. The van der Waals surface area contributed by atoms with Gasteiger partial charge in [0.2, 0.25) is 0 Å². The molecule has 0 aliphatic carbocycles. The van der Waals surface area contributed by atoms with Gasteiger partial charge in [0, 0.05) is 18.5 Å². The fraction of sp³-hybridized carbons (Fsp3) is 0. The summed E-state index contributed by atoms with van der Waals surface area (Å²) < 4.78 is 0. The molecule has 0 aromatic heterocycles. The smallest absolute Gasteiger partial charge is 0.244 e. The predicted octanol–water partition coefficient (Wildman–Crippen LogP) is 0.112. The van der Waals surface area contributed by atoms with E-state index < -0.39 is 6.03 Å². The van der Waals surface area contributed by atoms with Crippen molar-refractivity contribution in [2.45, 2.75) is 0 Å². The van der Waals surface area contributed by atoms with Crippen LogP contribution in [-0.4, -0.2) is 12.2 Å². The molecule has 0 saturated heterocycles. The highest BCUT2D eigenvalue weighted by molar-refractivity contribution is 5.88. The molecule has 0 spiro atoms. The first kappa shape index (κ1) is 4.05. The minimum atomic E-state index is -0.459. The Hall–Kier alpha value is -1.12. The zero-order valence-corrected chi connectivity index (χ0v) is 3.46. The highest BCUT2D eigenvalue weighted by atomic mass is 16.2. The Morgan fingerprint density at radius 3 is 2.86 bits per heavy atom. The maximum absolute atomic E-state index is 10.0. The largest absolute Gasteiger partial charge is 0.366 e. The third-order valence-corrected chi connectivity index (χ3v) is 0.499. The summed E-state index contributed by atoms with van der Waals surface area (Å²) >= 11 is 0. The summed E-state index contributed by atoms with van der Waals surface area (Å²) in [4.78, 5) is 13.3. The Morgan fingerprint density at radius 2 is 2.57 bits per heavy atom. The standard InChI is InChI=1S/C4H2N2O/c7-4-5-2-1-3-6-4/h2-3H. The monoisotopic (exact) mass is 94.0 g/mol. The Kier molecular flexibility index (Phi) is 0.898. The van der Waals surface area contributed by atoms with Crippen LogP contribution in [0.4, 0.5) is 4.79 Å². The number of hydrogen-bond donors (Lipinski definition) is 0. The number of carbonyl (C=O) groups excluding carboxylic acids is 1. The molecule has 7 heavy (non-hydrogen) atoms. The molecule has 3 heteroatoms. The Morgan fingerprint density at radius 1 is 1.71 bits per heavy atom. The normalized spacial score (nSPS) is 16.9. The van der Waals surface area contributed by atoms with Gasteiger partial charge in [0.15, 0.2) is 0 Å². The molecule has 2 radical (unpaired) electrons. The Balaban J connectivity index is 2.66. The van der Waals surface area contributed by atoms with Crippen LogP contribution >= 0.6 is 0 Å². The highest BCUT2D eigenvalue weighted by Crippen LogP contribution is 1.80. The maximum Gasteiger partial charge on any atom is 0.366 e. The molecule has 0 aromatic carbocycles. The van der Waals surface area contributed by atoms with Crippen molar-refractivity contribution in [3.63, 3.8) is 0 Å². The van der Waals surface area contributed by atoms with Crippen molar-refractivity contribution in [2.75, 3.05) is 0 Å². The van der Waals surface area contributed by atoms with E-state index in [4.69, 9.17) is 0 Å². The number of aliphatic imine (C=N–C) groups is 1. The maximum atomic E-state index is 10.0. The van der Waals surface area contributed by atoms with E-state index in [0.717, 1.165) is 0 Å². The fourth-order valence-corrected chi connectivity index (χ4v) is 0.252. The molecule has 0 bridgehead atoms. The summed E-state index contributed by atoms with van der Waals surface area (Å²) in [5.41, 5.74) is 0. The molecule has 34 valence electrons. The van der Waals surface area contributed by atoms with Gasteiger partial charge < -0.3 is 0 Å². The van der Waals surface area contributed by atoms with Crippen LogP contribution in [0.2, 0.25) is 0 Å². The van der Waals surface area contributed by atoms with Crippen molar-refractivity contribution in [3.05, 3.63) is 12.3 Å². The van der Waals surface area contributed by atoms with Gasteiger partial charge in [0.25, 0.3) is 0 Å². The van der Waals surface area contributed by atoms with Gasteiger partial charge in [0.1, 0.15) is 0 Å². The van der Waals surface area contributed by atoms with Gasteiger partial charge in [-0.05, 0) is 0 Å². The van der Waals surface area contributed by atoms with Crippen LogP contribution in [0.3, 0.4) is 0 Å². The van der Waals surface area contributed by atoms with E-state index in [2.05, 4.69) is 16.4 Å². The second-order valence-electron chi connectivity index (χ2n) is 0.966. The SMILES string of the molecule is O=C1[N]C=[C]C=N1. The summed E-state index contributed by atoms with van der Waals surface area (Å²) in [6, 6.07) is -0.459. The molecule has 0 atom stereocenters. The lowest BCUT2D eigenvalue weighted by Gasteiger charge is -1.88. The van der Waals surface area contributed by atoms with Crippen LogP contribution < -0.4 is 5.32 Å². The van der Waals surface area contributed by atoms with Crippen molar-refractivity contribution >= 4 is 12.2 Å². The minimum Gasteiger partial charge on any atom is -0.244 e. The lowest BCUT2D eigenvalue weighted by molar-refractivity contribution is 0.251. The van der Waals surface area contributed by atoms with Crippen LogP contribution in [0.5, 0.6) is 0 Å². The van der Waals surface area contributed by atoms with Gasteiger partial charge >= 0.3 is 6.03 Å². The van der Waals surface area contributed by atoms with Gasteiger partial charge in [0.05, 0.1) is 0 Å². The van der Waals surface area contributed by atoms with Gasteiger partial charge in [-0.2, -0.15) is 10.3 Å². The van der Waals surface area contributed by atoms with E-state index in [-0.39, 0.29) is 0 Å². The van der Waals surface area contributed by atoms with Crippen LogP contribution in [0.15, 0.2) is 11.2 Å². The van der Waals surface area contributed by atoms with Crippen molar-refractivity contribution < 1.29 is 4.79 Å². The quantitative estimate of drug-likeness (QED) is 0.420. The van der Waals surface area contributed by atoms with Gasteiger partial charge in [-0.1, -0.05) is 0 Å². The Bertz CT molecular complexity index is 137. The van der Waals surface area contributed by atoms with E-state index >= 15 is 0 Å². The van der Waals surface area contributed by atoms with Gasteiger partial charge in [-0.3, -0.25) is 0 Å². The molecular formula is C4H2N2O. The third kappa shape index (κ3) is 0.855. The number of urea groups is 1. The number of allylic oxidation sites excluding steroid dienone is 1. The number of carbonyl (C=O) groups is 1. The molecule has 0 aromatic rings. The number of rotatable bonds is 0. The summed E-state index contributed by atoms with van der Waals surface area (Å²) in [5.74, 6) is 0. The lowest BCUT2D eigenvalue weighted by atomic mass is 10.6. The van der Waals surface area contributed by atoms with E-state index in [1.165, 1.54) is 12.4 Å². The lowest BCUT2D eigenvalue weighted by Crippen LogP contribution is -2.06. The first-order valence-corrected chi connectivity index (χ1v) is 1.75. The topological polar surface area (TPSA) is 43.5 Å². The van der Waals surface area contributed by atoms with E-state index in [9.17, 15) is 4.79 Å².